The predicted octanol–water partition coefficient (Wildman–Crippen LogP) is 3.29. The van der Waals surface area contributed by atoms with Gasteiger partial charge in [-0.1, -0.05) is 17.3 Å². The second kappa shape index (κ2) is 5.57. The third kappa shape index (κ3) is 2.87. The molecule has 5 heteroatoms. The predicted molar refractivity (Wildman–Crippen MR) is 76.0 cm³/mol. The van der Waals surface area contributed by atoms with Crippen molar-refractivity contribution < 1.29 is 9.32 Å². The highest BCUT2D eigenvalue weighted by atomic mass is 79.9. The first-order valence-corrected chi connectivity index (χ1v) is 6.75. The van der Waals surface area contributed by atoms with E-state index < -0.39 is 0 Å². The third-order valence-corrected chi connectivity index (χ3v) is 4.10. The molecule has 0 saturated carbocycles. The van der Waals surface area contributed by atoms with Crippen molar-refractivity contribution in [3.8, 4) is 0 Å². The minimum atomic E-state index is -0.115. The molecule has 0 aliphatic carbocycles. The summed E-state index contributed by atoms with van der Waals surface area (Å²) in [6.07, 6.45) is 0. The first-order valence-electron chi connectivity index (χ1n) is 5.95. The highest BCUT2D eigenvalue weighted by molar-refractivity contribution is 9.10. The molecule has 0 spiro atoms. The van der Waals surface area contributed by atoms with Crippen molar-refractivity contribution in [2.45, 2.75) is 27.3 Å². The van der Waals surface area contributed by atoms with Gasteiger partial charge >= 0.3 is 0 Å². The second-order valence-corrected chi connectivity index (χ2v) is 5.21. The topological polar surface area (TPSA) is 55.1 Å². The van der Waals surface area contributed by atoms with E-state index in [-0.39, 0.29) is 5.91 Å². The summed E-state index contributed by atoms with van der Waals surface area (Å²) in [4.78, 5) is 12.1. The number of amides is 1. The van der Waals surface area contributed by atoms with Crippen molar-refractivity contribution in [3.63, 3.8) is 0 Å². The number of hydrogen-bond donors (Lipinski definition) is 1. The van der Waals surface area contributed by atoms with Crippen LogP contribution in [0.25, 0.3) is 0 Å². The Morgan fingerprint density at radius 3 is 2.74 bits per heavy atom. The molecule has 0 saturated heterocycles. The van der Waals surface area contributed by atoms with Gasteiger partial charge < -0.3 is 9.84 Å². The first-order chi connectivity index (χ1) is 9.00. The highest BCUT2D eigenvalue weighted by Gasteiger charge is 2.14. The van der Waals surface area contributed by atoms with Gasteiger partial charge in [0.15, 0.2) is 0 Å². The van der Waals surface area contributed by atoms with E-state index in [1.165, 1.54) is 0 Å². The zero-order valence-electron chi connectivity index (χ0n) is 11.1. The monoisotopic (exact) mass is 322 g/mol. The van der Waals surface area contributed by atoms with Crippen LogP contribution < -0.4 is 5.32 Å². The molecular formula is C14H15BrN2O2. The lowest BCUT2D eigenvalue weighted by Gasteiger charge is -2.08. The van der Waals surface area contributed by atoms with Crippen LogP contribution in [0.3, 0.4) is 0 Å². The summed E-state index contributed by atoms with van der Waals surface area (Å²) in [6, 6.07) is 5.61. The van der Waals surface area contributed by atoms with E-state index in [0.717, 1.165) is 27.1 Å². The molecule has 1 amide bonds. The Labute approximate surface area is 120 Å². The Kier molecular flexibility index (Phi) is 4.04. The van der Waals surface area contributed by atoms with Gasteiger partial charge in [-0.2, -0.15) is 0 Å². The molecule has 0 unspecified atom stereocenters. The zero-order valence-corrected chi connectivity index (χ0v) is 12.7. The number of carbonyl (C=O) groups excluding carboxylic acids is 1. The Morgan fingerprint density at radius 1 is 1.37 bits per heavy atom. The number of rotatable bonds is 3. The van der Waals surface area contributed by atoms with Crippen molar-refractivity contribution in [3.05, 3.63) is 50.8 Å². The van der Waals surface area contributed by atoms with E-state index in [1.807, 2.05) is 32.9 Å². The molecule has 4 nitrogen and oxygen atoms in total. The SMILES string of the molecule is Cc1cccc(C(=O)NCc2c(C)noc2C)c1Br. The molecule has 1 N–H and O–H groups in total. The molecule has 1 heterocycles. The van der Waals surface area contributed by atoms with E-state index in [9.17, 15) is 4.79 Å². The van der Waals surface area contributed by atoms with Crippen molar-refractivity contribution in [2.24, 2.45) is 0 Å². The van der Waals surface area contributed by atoms with Crippen LogP contribution in [-0.4, -0.2) is 11.1 Å². The zero-order chi connectivity index (χ0) is 14.0. The van der Waals surface area contributed by atoms with Crippen LogP contribution >= 0.6 is 15.9 Å². The van der Waals surface area contributed by atoms with Crippen LogP contribution in [0.5, 0.6) is 0 Å². The van der Waals surface area contributed by atoms with Crippen LogP contribution in [0.2, 0.25) is 0 Å². The first kappa shape index (κ1) is 13.8. The van der Waals surface area contributed by atoms with E-state index in [4.69, 9.17) is 4.52 Å². The maximum Gasteiger partial charge on any atom is 0.252 e. The van der Waals surface area contributed by atoms with E-state index in [2.05, 4.69) is 26.4 Å². The molecule has 0 aliphatic heterocycles. The van der Waals surface area contributed by atoms with Crippen LogP contribution in [-0.2, 0) is 6.54 Å². The van der Waals surface area contributed by atoms with Gasteiger partial charge in [0.25, 0.3) is 5.91 Å². The summed E-state index contributed by atoms with van der Waals surface area (Å²) in [6.45, 7) is 6.07. The molecule has 2 rings (SSSR count). The van der Waals surface area contributed by atoms with Gasteiger partial charge in [0.1, 0.15) is 5.76 Å². The molecule has 0 fully saturated rings. The maximum atomic E-state index is 12.1. The normalized spacial score (nSPS) is 10.5. The molecule has 0 aliphatic rings. The van der Waals surface area contributed by atoms with E-state index >= 15 is 0 Å². The number of aromatic nitrogens is 1. The molecule has 19 heavy (non-hydrogen) atoms. The fourth-order valence-electron chi connectivity index (χ4n) is 1.84. The highest BCUT2D eigenvalue weighted by Crippen LogP contribution is 2.21. The largest absolute Gasteiger partial charge is 0.361 e. The Balaban J connectivity index is 2.12. The number of halogens is 1. The fourth-order valence-corrected chi connectivity index (χ4v) is 2.29. The van der Waals surface area contributed by atoms with Gasteiger partial charge in [-0.05, 0) is 48.3 Å². The number of nitrogens with zero attached hydrogens (tertiary/aromatic N) is 1. The number of hydrogen-bond acceptors (Lipinski definition) is 3. The van der Waals surface area contributed by atoms with Crippen molar-refractivity contribution in [1.82, 2.24) is 10.5 Å². The van der Waals surface area contributed by atoms with Crippen LogP contribution in [0.1, 0.15) is 32.9 Å². The number of benzene rings is 1. The lowest BCUT2D eigenvalue weighted by atomic mass is 10.1. The molecule has 0 atom stereocenters. The summed E-state index contributed by atoms with van der Waals surface area (Å²) in [5, 5.41) is 6.75. The number of carbonyl (C=O) groups is 1. The van der Waals surface area contributed by atoms with Crippen LogP contribution in [0.15, 0.2) is 27.2 Å². The fraction of sp³-hybridized carbons (Fsp3) is 0.286. The molecule has 100 valence electrons. The average Bonchev–Trinajstić information content (AvgIpc) is 2.70. The maximum absolute atomic E-state index is 12.1. The summed E-state index contributed by atoms with van der Waals surface area (Å²) in [5.74, 6) is 0.622. The smallest absolute Gasteiger partial charge is 0.252 e. The van der Waals surface area contributed by atoms with Gasteiger partial charge in [-0.25, -0.2) is 0 Å². The molecule has 2 aromatic rings. The van der Waals surface area contributed by atoms with Gasteiger partial charge in [-0.3, -0.25) is 4.79 Å². The molecule has 1 aromatic carbocycles. The third-order valence-electron chi connectivity index (χ3n) is 3.04. The average molecular weight is 323 g/mol. The van der Waals surface area contributed by atoms with Gasteiger partial charge in [0.05, 0.1) is 11.3 Å². The number of nitrogens with one attached hydrogen (secondary N) is 1. The van der Waals surface area contributed by atoms with Crippen LogP contribution in [0, 0.1) is 20.8 Å². The minimum absolute atomic E-state index is 0.115. The molecule has 0 bridgehead atoms. The standard InChI is InChI=1S/C14H15BrN2O2/c1-8-5-4-6-11(13(8)15)14(18)16-7-12-9(2)17-19-10(12)3/h4-6H,7H2,1-3H3,(H,16,18). The Morgan fingerprint density at radius 2 is 2.11 bits per heavy atom. The quantitative estimate of drug-likeness (QED) is 0.943. The Bertz CT molecular complexity index is 600. The van der Waals surface area contributed by atoms with E-state index in [0.29, 0.717) is 12.1 Å². The van der Waals surface area contributed by atoms with Crippen molar-refractivity contribution >= 4 is 21.8 Å². The number of aryl methyl sites for hydroxylation is 3. The summed E-state index contributed by atoms with van der Waals surface area (Å²) >= 11 is 3.44. The van der Waals surface area contributed by atoms with Gasteiger partial charge in [0, 0.05) is 16.6 Å². The molecule has 0 radical (unpaired) electrons. The van der Waals surface area contributed by atoms with Crippen LogP contribution in [0.4, 0.5) is 0 Å². The summed E-state index contributed by atoms with van der Waals surface area (Å²) < 4.78 is 5.89. The minimum Gasteiger partial charge on any atom is -0.361 e. The molecular weight excluding hydrogens is 308 g/mol. The van der Waals surface area contributed by atoms with E-state index in [1.54, 1.807) is 6.07 Å². The Hall–Kier alpha value is -1.62. The van der Waals surface area contributed by atoms with Gasteiger partial charge in [0.2, 0.25) is 0 Å². The lowest BCUT2D eigenvalue weighted by molar-refractivity contribution is 0.0950. The summed E-state index contributed by atoms with van der Waals surface area (Å²) in [7, 11) is 0. The lowest BCUT2D eigenvalue weighted by Crippen LogP contribution is -2.23. The van der Waals surface area contributed by atoms with Gasteiger partial charge in [-0.15, -0.1) is 0 Å². The molecule has 1 aromatic heterocycles. The van der Waals surface area contributed by atoms with Crippen molar-refractivity contribution in [1.29, 1.82) is 0 Å². The summed E-state index contributed by atoms with van der Waals surface area (Å²) in [5.41, 5.74) is 3.40. The second-order valence-electron chi connectivity index (χ2n) is 4.42. The van der Waals surface area contributed by atoms with Crippen molar-refractivity contribution in [2.75, 3.05) is 0 Å².